The molecular weight excluding hydrogens is 306 g/mol. The van der Waals surface area contributed by atoms with Crippen molar-refractivity contribution in [2.75, 3.05) is 7.11 Å². The van der Waals surface area contributed by atoms with Gasteiger partial charge < -0.3 is 10.1 Å². The molecule has 1 fully saturated rings. The summed E-state index contributed by atoms with van der Waals surface area (Å²) in [6, 6.07) is 10.4. The average Bonchev–Trinajstić information content (AvgIpc) is 2.97. The second kappa shape index (κ2) is 6.65. The molecular formula is C18H23N3O3. The van der Waals surface area contributed by atoms with E-state index < -0.39 is 5.97 Å². The molecule has 128 valence electrons. The fourth-order valence-corrected chi connectivity index (χ4v) is 3.53. The van der Waals surface area contributed by atoms with Crippen LogP contribution in [0.4, 0.5) is 0 Å². The number of esters is 1. The van der Waals surface area contributed by atoms with Crippen molar-refractivity contribution in [2.24, 2.45) is 0 Å². The summed E-state index contributed by atoms with van der Waals surface area (Å²) in [5.74, 6) is -0.419. The van der Waals surface area contributed by atoms with E-state index in [9.17, 15) is 9.59 Å². The summed E-state index contributed by atoms with van der Waals surface area (Å²) in [7, 11) is 1.33. The van der Waals surface area contributed by atoms with Gasteiger partial charge in [-0.3, -0.25) is 14.6 Å². The summed E-state index contributed by atoms with van der Waals surface area (Å²) in [6.45, 7) is 3.95. The number of nitrogens with zero attached hydrogens (tertiary/aromatic N) is 1. The molecule has 1 amide bonds. The topological polar surface area (TPSA) is 70.7 Å². The molecule has 3 unspecified atom stereocenters. The number of allylic oxidation sites excluding steroid dienone is 1. The van der Waals surface area contributed by atoms with Gasteiger partial charge in [-0.15, -0.1) is 0 Å². The molecule has 0 saturated carbocycles. The van der Waals surface area contributed by atoms with Crippen molar-refractivity contribution < 1.29 is 14.3 Å². The highest BCUT2D eigenvalue weighted by molar-refractivity contribution is 5.99. The number of nitrogens with one attached hydrogen (secondary N) is 2. The van der Waals surface area contributed by atoms with E-state index >= 15 is 0 Å². The van der Waals surface area contributed by atoms with Gasteiger partial charge in [0.15, 0.2) is 0 Å². The Morgan fingerprint density at radius 1 is 1.29 bits per heavy atom. The zero-order valence-electron chi connectivity index (χ0n) is 14.2. The first-order valence-corrected chi connectivity index (χ1v) is 8.24. The van der Waals surface area contributed by atoms with Crippen LogP contribution in [-0.4, -0.2) is 36.2 Å². The Hall–Kier alpha value is -2.34. The third kappa shape index (κ3) is 2.78. The second-order valence-corrected chi connectivity index (χ2v) is 6.20. The lowest BCUT2D eigenvalue weighted by molar-refractivity contribution is -0.142. The van der Waals surface area contributed by atoms with Crippen LogP contribution in [0.25, 0.3) is 0 Å². The molecule has 1 saturated heterocycles. The van der Waals surface area contributed by atoms with E-state index in [-0.39, 0.29) is 30.5 Å². The van der Waals surface area contributed by atoms with Gasteiger partial charge in [-0.1, -0.05) is 37.3 Å². The van der Waals surface area contributed by atoms with Crippen molar-refractivity contribution in [3.63, 3.8) is 0 Å². The fraction of sp³-hybridized carbons (Fsp3) is 0.444. The molecule has 0 aliphatic carbocycles. The molecule has 6 heteroatoms. The number of carbonyl (C=O) groups is 2. The molecule has 2 aliphatic heterocycles. The van der Waals surface area contributed by atoms with E-state index in [1.54, 1.807) is 5.01 Å². The molecule has 0 aromatic heterocycles. The second-order valence-electron chi connectivity index (χ2n) is 6.20. The largest absolute Gasteiger partial charge is 0.469 e. The summed E-state index contributed by atoms with van der Waals surface area (Å²) < 4.78 is 4.70. The highest BCUT2D eigenvalue weighted by atomic mass is 16.5. The van der Waals surface area contributed by atoms with Gasteiger partial charge in [-0.05, 0) is 18.9 Å². The maximum absolute atomic E-state index is 12.9. The van der Waals surface area contributed by atoms with Gasteiger partial charge in [0.1, 0.15) is 6.17 Å². The van der Waals surface area contributed by atoms with Crippen molar-refractivity contribution in [3.05, 3.63) is 47.2 Å². The van der Waals surface area contributed by atoms with Gasteiger partial charge in [0, 0.05) is 23.2 Å². The zero-order valence-corrected chi connectivity index (χ0v) is 14.2. The summed E-state index contributed by atoms with van der Waals surface area (Å²) in [4.78, 5) is 24.5. The fourth-order valence-electron chi connectivity index (χ4n) is 3.53. The van der Waals surface area contributed by atoms with E-state index in [0.717, 1.165) is 12.1 Å². The van der Waals surface area contributed by atoms with E-state index in [4.69, 9.17) is 4.74 Å². The van der Waals surface area contributed by atoms with Crippen molar-refractivity contribution in [1.29, 1.82) is 0 Å². The predicted molar refractivity (Wildman–Crippen MR) is 89.5 cm³/mol. The molecule has 2 aliphatic rings. The highest BCUT2D eigenvalue weighted by Crippen LogP contribution is 2.36. The molecule has 6 nitrogen and oxygen atoms in total. The molecule has 1 aromatic rings. The van der Waals surface area contributed by atoms with Crippen LogP contribution < -0.4 is 10.7 Å². The van der Waals surface area contributed by atoms with Crippen molar-refractivity contribution in [2.45, 2.75) is 44.8 Å². The van der Waals surface area contributed by atoms with Crippen LogP contribution in [0.2, 0.25) is 0 Å². The molecule has 2 heterocycles. The van der Waals surface area contributed by atoms with Crippen LogP contribution in [0.3, 0.4) is 0 Å². The van der Waals surface area contributed by atoms with Gasteiger partial charge >= 0.3 is 5.97 Å². The minimum absolute atomic E-state index is 0.0220. The van der Waals surface area contributed by atoms with E-state index in [0.29, 0.717) is 5.57 Å². The summed E-state index contributed by atoms with van der Waals surface area (Å²) >= 11 is 0. The summed E-state index contributed by atoms with van der Waals surface area (Å²) in [6.07, 6.45) is 0.713. The van der Waals surface area contributed by atoms with Gasteiger partial charge in [0.2, 0.25) is 0 Å². The molecule has 1 aromatic carbocycles. The number of fused-ring (bicyclic) bond motifs is 1. The Morgan fingerprint density at radius 3 is 2.62 bits per heavy atom. The minimum Gasteiger partial charge on any atom is -0.469 e. The number of benzene rings is 1. The summed E-state index contributed by atoms with van der Waals surface area (Å²) in [5.41, 5.74) is 5.70. The minimum atomic E-state index is -0.413. The highest BCUT2D eigenvalue weighted by Gasteiger charge is 2.47. The first-order chi connectivity index (χ1) is 11.6. The van der Waals surface area contributed by atoms with Gasteiger partial charge in [-0.25, -0.2) is 5.43 Å². The molecule has 3 atom stereocenters. The van der Waals surface area contributed by atoms with E-state index in [2.05, 4.69) is 29.8 Å². The van der Waals surface area contributed by atoms with Gasteiger partial charge in [0.25, 0.3) is 5.91 Å². The van der Waals surface area contributed by atoms with Crippen LogP contribution >= 0.6 is 0 Å². The Kier molecular flexibility index (Phi) is 4.57. The first kappa shape index (κ1) is 16.5. The SMILES string of the molecule is CCC1NN2C(=O)C(CC(=O)OC)=C(C)NC2C1c1ccccc1. The molecule has 2 N–H and O–H groups in total. The Morgan fingerprint density at radius 2 is 2.00 bits per heavy atom. The predicted octanol–water partition coefficient (Wildman–Crippen LogP) is 1.66. The normalized spacial score (nSPS) is 26.2. The number of carbonyl (C=O) groups excluding carboxylic acids is 2. The van der Waals surface area contributed by atoms with Crippen molar-refractivity contribution >= 4 is 11.9 Å². The Labute approximate surface area is 141 Å². The number of amides is 1. The number of methoxy groups -OCH3 is 1. The molecule has 0 bridgehead atoms. The monoisotopic (exact) mass is 329 g/mol. The van der Waals surface area contributed by atoms with Gasteiger partial charge in [-0.2, -0.15) is 0 Å². The number of hydrogen-bond donors (Lipinski definition) is 2. The lowest BCUT2D eigenvalue weighted by atomic mass is 9.88. The van der Waals surface area contributed by atoms with Crippen molar-refractivity contribution in [3.8, 4) is 0 Å². The number of rotatable bonds is 4. The van der Waals surface area contributed by atoms with Crippen LogP contribution in [-0.2, 0) is 14.3 Å². The van der Waals surface area contributed by atoms with E-state index in [1.807, 2.05) is 25.1 Å². The van der Waals surface area contributed by atoms with Crippen LogP contribution in [0, 0.1) is 0 Å². The number of hydrazine groups is 1. The maximum atomic E-state index is 12.9. The Bertz CT molecular complexity index is 671. The molecule has 0 radical (unpaired) electrons. The zero-order chi connectivity index (χ0) is 17.3. The first-order valence-electron chi connectivity index (χ1n) is 8.24. The van der Waals surface area contributed by atoms with Crippen LogP contribution in [0.5, 0.6) is 0 Å². The van der Waals surface area contributed by atoms with E-state index in [1.165, 1.54) is 12.7 Å². The summed E-state index contributed by atoms with van der Waals surface area (Å²) in [5, 5.41) is 5.05. The van der Waals surface area contributed by atoms with Crippen LogP contribution in [0.1, 0.15) is 38.2 Å². The average molecular weight is 329 g/mol. The third-order valence-electron chi connectivity index (χ3n) is 4.82. The lowest BCUT2D eigenvalue weighted by Crippen LogP contribution is -2.54. The quantitative estimate of drug-likeness (QED) is 0.822. The van der Waals surface area contributed by atoms with Crippen LogP contribution in [0.15, 0.2) is 41.6 Å². The van der Waals surface area contributed by atoms with Gasteiger partial charge in [0.05, 0.1) is 13.5 Å². The maximum Gasteiger partial charge on any atom is 0.310 e. The number of ether oxygens (including phenoxy) is 1. The number of hydrogen-bond acceptors (Lipinski definition) is 5. The molecule has 0 spiro atoms. The standard InChI is InChI=1S/C18H23N3O3/c1-4-14-16(12-8-6-5-7-9-12)17-19-11(2)13(10-15(22)24-3)18(23)21(17)20-14/h5-9,14,16-17,19-20H,4,10H2,1-3H3. The third-order valence-corrected chi connectivity index (χ3v) is 4.82. The van der Waals surface area contributed by atoms with Crippen molar-refractivity contribution in [1.82, 2.24) is 15.8 Å². The molecule has 3 rings (SSSR count). The lowest BCUT2D eigenvalue weighted by Gasteiger charge is -2.35. The smallest absolute Gasteiger partial charge is 0.310 e. The molecule has 24 heavy (non-hydrogen) atoms. The Balaban J connectivity index is 1.93.